The second kappa shape index (κ2) is 10.3. The lowest BCUT2D eigenvalue weighted by Crippen LogP contribution is -2.30. The molecule has 0 aliphatic rings. The van der Waals surface area contributed by atoms with Crippen molar-refractivity contribution in [1.82, 2.24) is 15.0 Å². The van der Waals surface area contributed by atoms with E-state index in [9.17, 15) is 9.59 Å². The molecule has 34 heavy (non-hydrogen) atoms. The molecule has 0 spiro atoms. The first-order chi connectivity index (χ1) is 16.5. The second-order valence-corrected chi connectivity index (χ2v) is 8.60. The molecule has 9 heteroatoms. The van der Waals surface area contributed by atoms with Crippen LogP contribution >= 0.6 is 11.3 Å². The van der Waals surface area contributed by atoms with E-state index in [1.807, 2.05) is 49.6 Å². The van der Waals surface area contributed by atoms with Gasteiger partial charge in [0.15, 0.2) is 11.5 Å². The van der Waals surface area contributed by atoms with Crippen LogP contribution in [0.3, 0.4) is 0 Å². The monoisotopic (exact) mass is 476 g/mol. The molecular weight excluding hydrogens is 452 g/mol. The fourth-order valence-electron chi connectivity index (χ4n) is 3.40. The van der Waals surface area contributed by atoms with E-state index in [2.05, 4.69) is 15.5 Å². The van der Waals surface area contributed by atoms with Crippen molar-refractivity contribution in [3.05, 3.63) is 76.2 Å². The third kappa shape index (κ3) is 5.15. The molecule has 0 fully saturated rings. The number of fused-ring (bicyclic) bond motifs is 1. The third-order valence-corrected chi connectivity index (χ3v) is 5.80. The number of ether oxygens (including phenoxy) is 2. The summed E-state index contributed by atoms with van der Waals surface area (Å²) in [5.41, 5.74) is 4.65. The second-order valence-electron chi connectivity index (χ2n) is 7.74. The van der Waals surface area contributed by atoms with Crippen LogP contribution in [0, 0.1) is 0 Å². The van der Waals surface area contributed by atoms with Crippen LogP contribution in [-0.2, 0) is 11.3 Å². The minimum absolute atomic E-state index is 0.0164. The van der Waals surface area contributed by atoms with E-state index in [0.29, 0.717) is 21.7 Å². The van der Waals surface area contributed by atoms with E-state index >= 15 is 0 Å². The summed E-state index contributed by atoms with van der Waals surface area (Å²) < 4.78 is 12.3. The Labute approximate surface area is 200 Å². The zero-order valence-corrected chi connectivity index (χ0v) is 19.8. The Bertz CT molecular complexity index is 1390. The summed E-state index contributed by atoms with van der Waals surface area (Å²) in [6.45, 7) is 3.67. The lowest BCUT2D eigenvalue weighted by Gasteiger charge is -2.13. The molecule has 2 aromatic heterocycles. The third-order valence-electron chi connectivity index (χ3n) is 4.91. The molecule has 0 radical (unpaired) electrons. The summed E-state index contributed by atoms with van der Waals surface area (Å²) in [5, 5.41) is 6.41. The number of carbonyl (C=O) groups is 1. The highest BCUT2D eigenvalue weighted by molar-refractivity contribution is 7.17. The predicted octanol–water partition coefficient (Wildman–Crippen LogP) is 4.07. The maximum Gasteiger partial charge on any atom is 0.263 e. The Morgan fingerprint density at radius 2 is 2.00 bits per heavy atom. The van der Waals surface area contributed by atoms with Gasteiger partial charge >= 0.3 is 0 Å². The number of hydrazone groups is 1. The highest BCUT2D eigenvalue weighted by Gasteiger charge is 2.14. The molecule has 0 atom stereocenters. The minimum atomic E-state index is -0.442. The van der Waals surface area contributed by atoms with Gasteiger partial charge in [0.05, 0.1) is 31.1 Å². The van der Waals surface area contributed by atoms with Crippen LogP contribution in [0.4, 0.5) is 0 Å². The Kier molecular flexibility index (Phi) is 7.03. The Balaban J connectivity index is 1.47. The molecule has 2 aromatic carbocycles. The number of rotatable bonds is 8. The summed E-state index contributed by atoms with van der Waals surface area (Å²) in [7, 11) is 1.56. The van der Waals surface area contributed by atoms with E-state index < -0.39 is 5.91 Å². The number of nitrogens with zero attached hydrogens (tertiary/aromatic N) is 3. The molecule has 0 aliphatic heterocycles. The van der Waals surface area contributed by atoms with Crippen LogP contribution in [-0.4, -0.2) is 34.9 Å². The molecule has 0 unspecified atom stereocenters. The molecule has 4 rings (SSSR count). The fraction of sp³-hybridized carbons (Fsp3) is 0.200. The van der Waals surface area contributed by atoms with Gasteiger partial charge in [0.1, 0.15) is 11.4 Å². The highest BCUT2D eigenvalue weighted by atomic mass is 32.1. The largest absolute Gasteiger partial charge is 0.493 e. The van der Waals surface area contributed by atoms with Crippen LogP contribution in [0.15, 0.2) is 70.1 Å². The predicted molar refractivity (Wildman–Crippen MR) is 134 cm³/mol. The molecule has 8 nitrogen and oxygen atoms in total. The molecule has 2 heterocycles. The van der Waals surface area contributed by atoms with E-state index in [0.717, 1.165) is 16.7 Å². The van der Waals surface area contributed by atoms with Crippen LogP contribution in [0.2, 0.25) is 0 Å². The summed E-state index contributed by atoms with van der Waals surface area (Å²) in [6, 6.07) is 15.0. The van der Waals surface area contributed by atoms with Crippen LogP contribution in [0.25, 0.3) is 21.3 Å². The molecule has 1 N–H and O–H groups in total. The van der Waals surface area contributed by atoms with Crippen LogP contribution in [0.5, 0.6) is 11.5 Å². The smallest absolute Gasteiger partial charge is 0.263 e. The molecule has 1 amide bonds. The Morgan fingerprint density at radius 3 is 2.74 bits per heavy atom. The first-order valence-electron chi connectivity index (χ1n) is 10.6. The molecule has 0 saturated carbocycles. The van der Waals surface area contributed by atoms with Gasteiger partial charge in [-0.05, 0) is 43.2 Å². The van der Waals surface area contributed by atoms with E-state index in [4.69, 9.17) is 9.47 Å². The minimum Gasteiger partial charge on any atom is -0.493 e. The zero-order chi connectivity index (χ0) is 24.1. The van der Waals surface area contributed by atoms with Crippen molar-refractivity contribution in [2.75, 3.05) is 7.11 Å². The van der Waals surface area contributed by atoms with Gasteiger partial charge in [-0.3, -0.25) is 14.2 Å². The number of methoxy groups -OCH3 is 1. The number of hydrogen-bond acceptors (Lipinski definition) is 7. The average Bonchev–Trinajstić information content (AvgIpc) is 3.27. The van der Waals surface area contributed by atoms with Crippen molar-refractivity contribution in [3.63, 3.8) is 0 Å². The van der Waals surface area contributed by atoms with Crippen molar-refractivity contribution in [1.29, 1.82) is 0 Å². The van der Waals surface area contributed by atoms with Crippen molar-refractivity contribution < 1.29 is 14.3 Å². The van der Waals surface area contributed by atoms with Gasteiger partial charge < -0.3 is 9.47 Å². The van der Waals surface area contributed by atoms with Gasteiger partial charge in [0.25, 0.3) is 11.5 Å². The molecule has 0 bridgehead atoms. The number of hydrogen-bond donors (Lipinski definition) is 1. The van der Waals surface area contributed by atoms with E-state index in [1.165, 1.54) is 28.4 Å². The molecule has 0 aliphatic carbocycles. The van der Waals surface area contributed by atoms with E-state index in [-0.39, 0.29) is 18.2 Å². The lowest BCUT2D eigenvalue weighted by atomic mass is 10.1. The molecular formula is C25H24N4O4S. The fourth-order valence-corrected chi connectivity index (χ4v) is 4.30. The molecule has 0 saturated heterocycles. The molecule has 4 aromatic rings. The van der Waals surface area contributed by atoms with Crippen molar-refractivity contribution in [2.45, 2.75) is 26.5 Å². The van der Waals surface area contributed by atoms with Crippen LogP contribution in [0.1, 0.15) is 19.4 Å². The van der Waals surface area contributed by atoms with Gasteiger partial charge in [-0.25, -0.2) is 10.4 Å². The normalized spacial score (nSPS) is 11.3. The highest BCUT2D eigenvalue weighted by Crippen LogP contribution is 2.30. The number of amides is 1. The van der Waals surface area contributed by atoms with Gasteiger partial charge in [-0.2, -0.15) is 5.10 Å². The number of aromatic nitrogens is 2. The van der Waals surface area contributed by atoms with Gasteiger partial charge in [-0.15, -0.1) is 11.3 Å². The van der Waals surface area contributed by atoms with Crippen molar-refractivity contribution in [2.24, 2.45) is 5.10 Å². The quantitative estimate of drug-likeness (QED) is 0.306. The summed E-state index contributed by atoms with van der Waals surface area (Å²) in [6.07, 6.45) is 2.90. The van der Waals surface area contributed by atoms with Crippen LogP contribution < -0.4 is 20.5 Å². The van der Waals surface area contributed by atoms with Gasteiger partial charge in [-0.1, -0.05) is 30.3 Å². The first kappa shape index (κ1) is 23.2. The number of thiophene rings is 1. The van der Waals surface area contributed by atoms with Gasteiger partial charge in [0, 0.05) is 10.9 Å². The standard InChI is InChI=1S/C25H24N4O4S/c1-16(2)33-20-10-9-17(11-21(20)32-3)12-27-28-22(30)13-29-15-26-24-23(25(29)31)19(14-34-24)18-7-5-4-6-8-18/h4-12,14-16H,13H2,1-3H3,(H,28,30)/b27-12+. The topological polar surface area (TPSA) is 94.8 Å². The summed E-state index contributed by atoms with van der Waals surface area (Å²) in [5.74, 6) is 0.756. The SMILES string of the molecule is COc1cc(/C=N/NC(=O)Cn2cnc3scc(-c4ccccc4)c3c2=O)ccc1OC(C)C. The number of carbonyl (C=O) groups excluding carboxylic acids is 1. The number of benzene rings is 2. The summed E-state index contributed by atoms with van der Waals surface area (Å²) in [4.78, 5) is 30.5. The number of nitrogens with one attached hydrogen (secondary N) is 1. The van der Waals surface area contributed by atoms with Gasteiger partial charge in [0.2, 0.25) is 0 Å². The van der Waals surface area contributed by atoms with Crippen molar-refractivity contribution in [3.8, 4) is 22.6 Å². The maximum absolute atomic E-state index is 13.1. The van der Waals surface area contributed by atoms with Crippen molar-refractivity contribution >= 4 is 33.7 Å². The Morgan fingerprint density at radius 1 is 1.21 bits per heavy atom. The zero-order valence-electron chi connectivity index (χ0n) is 19.0. The Hall–Kier alpha value is -3.98. The first-order valence-corrected chi connectivity index (χ1v) is 11.5. The molecule has 174 valence electrons. The summed E-state index contributed by atoms with van der Waals surface area (Å²) >= 11 is 1.40. The average molecular weight is 477 g/mol. The maximum atomic E-state index is 13.1. The van der Waals surface area contributed by atoms with E-state index in [1.54, 1.807) is 25.3 Å². The lowest BCUT2D eigenvalue weighted by molar-refractivity contribution is -0.121.